The summed E-state index contributed by atoms with van der Waals surface area (Å²) in [6, 6.07) is 12.6. The number of hydrazone groups is 1. The van der Waals surface area contributed by atoms with Crippen LogP contribution in [0.2, 0.25) is 0 Å². The van der Waals surface area contributed by atoms with Crippen molar-refractivity contribution >= 4 is 38.9 Å². The minimum Gasteiger partial charge on any atom is -0.378 e. The normalized spacial score (nSPS) is 13.1. The fourth-order valence-electron chi connectivity index (χ4n) is 1.55. The molecule has 0 bridgehead atoms. The first-order chi connectivity index (χ1) is 9.58. The molecule has 0 aliphatic carbocycles. The highest BCUT2D eigenvalue weighted by atomic mass is 79.9. The first kappa shape index (κ1) is 14.9. The third kappa shape index (κ3) is 3.75. The molecule has 104 valence electrons. The Morgan fingerprint density at radius 2 is 2.00 bits per heavy atom. The monoisotopic (exact) mass is 352 g/mol. The van der Waals surface area contributed by atoms with Gasteiger partial charge in [-0.3, -0.25) is 4.79 Å². The van der Waals surface area contributed by atoms with E-state index >= 15 is 0 Å². The standard InChI is InChI=1S/C14H13BrN2O2S/c1-9(11-7-8-12(15)20-11)16-17-14(19)13(18)10-5-3-2-4-6-10/h2-8,13,18H,1H3,(H,17,19)/b16-9+. The molecule has 20 heavy (non-hydrogen) atoms. The van der Waals surface area contributed by atoms with Gasteiger partial charge in [-0.15, -0.1) is 11.3 Å². The van der Waals surface area contributed by atoms with Crippen molar-refractivity contribution < 1.29 is 9.90 Å². The van der Waals surface area contributed by atoms with E-state index in [1.54, 1.807) is 31.2 Å². The summed E-state index contributed by atoms with van der Waals surface area (Å²) in [4.78, 5) is 12.8. The maximum Gasteiger partial charge on any atom is 0.273 e. The molecule has 0 saturated heterocycles. The van der Waals surface area contributed by atoms with Crippen LogP contribution in [0.3, 0.4) is 0 Å². The molecule has 1 atom stereocenters. The summed E-state index contributed by atoms with van der Waals surface area (Å²) in [5.41, 5.74) is 3.61. The van der Waals surface area contributed by atoms with E-state index in [0.717, 1.165) is 8.66 Å². The number of halogens is 1. The van der Waals surface area contributed by atoms with Gasteiger partial charge in [0.2, 0.25) is 0 Å². The molecule has 6 heteroatoms. The van der Waals surface area contributed by atoms with Gasteiger partial charge in [-0.05, 0) is 40.5 Å². The summed E-state index contributed by atoms with van der Waals surface area (Å²) in [6.45, 7) is 1.80. The number of hydrogen-bond donors (Lipinski definition) is 2. The number of rotatable bonds is 4. The summed E-state index contributed by atoms with van der Waals surface area (Å²) in [5, 5.41) is 13.9. The minimum absolute atomic E-state index is 0.539. The van der Waals surface area contributed by atoms with Gasteiger partial charge in [0.05, 0.1) is 14.4 Å². The lowest BCUT2D eigenvalue weighted by atomic mass is 10.1. The average Bonchev–Trinajstić information content (AvgIpc) is 2.91. The smallest absolute Gasteiger partial charge is 0.273 e. The van der Waals surface area contributed by atoms with Crippen LogP contribution in [0.25, 0.3) is 0 Å². The second-order valence-corrected chi connectivity index (χ2v) is 6.55. The Bertz CT molecular complexity index is 625. The molecule has 1 unspecified atom stereocenters. The quantitative estimate of drug-likeness (QED) is 0.656. The third-order valence-electron chi connectivity index (χ3n) is 2.63. The van der Waals surface area contributed by atoms with Crippen molar-refractivity contribution in [3.63, 3.8) is 0 Å². The van der Waals surface area contributed by atoms with Gasteiger partial charge in [0, 0.05) is 0 Å². The van der Waals surface area contributed by atoms with Gasteiger partial charge in [0.1, 0.15) is 0 Å². The Balaban J connectivity index is 2.01. The van der Waals surface area contributed by atoms with Crippen molar-refractivity contribution in [1.29, 1.82) is 0 Å². The van der Waals surface area contributed by atoms with Crippen molar-refractivity contribution in [1.82, 2.24) is 5.43 Å². The maximum atomic E-state index is 11.8. The SMILES string of the molecule is C/C(=N\NC(=O)C(O)c1ccccc1)c1ccc(Br)s1. The third-order valence-corrected chi connectivity index (χ3v) is 4.36. The summed E-state index contributed by atoms with van der Waals surface area (Å²) in [7, 11) is 0. The second-order valence-electron chi connectivity index (χ2n) is 4.09. The van der Waals surface area contributed by atoms with E-state index in [4.69, 9.17) is 0 Å². The zero-order valence-electron chi connectivity index (χ0n) is 10.7. The predicted octanol–water partition coefficient (Wildman–Crippen LogP) is 3.08. The van der Waals surface area contributed by atoms with Crippen molar-refractivity contribution in [3.8, 4) is 0 Å². The Morgan fingerprint density at radius 1 is 1.30 bits per heavy atom. The van der Waals surface area contributed by atoms with Crippen LogP contribution in [0.4, 0.5) is 0 Å². The molecule has 1 aromatic carbocycles. The Kier molecular flexibility index (Phi) is 5.05. The molecule has 0 fully saturated rings. The van der Waals surface area contributed by atoms with E-state index in [1.165, 1.54) is 11.3 Å². The largest absolute Gasteiger partial charge is 0.378 e. The molecule has 0 spiro atoms. The highest BCUT2D eigenvalue weighted by molar-refractivity contribution is 9.11. The number of aliphatic hydroxyl groups is 1. The number of thiophene rings is 1. The van der Waals surface area contributed by atoms with Gasteiger partial charge < -0.3 is 5.11 Å². The lowest BCUT2D eigenvalue weighted by Gasteiger charge is -2.09. The van der Waals surface area contributed by atoms with E-state index in [0.29, 0.717) is 11.3 Å². The summed E-state index contributed by atoms with van der Waals surface area (Å²) in [6.07, 6.45) is -1.22. The second kappa shape index (κ2) is 6.78. The topological polar surface area (TPSA) is 61.7 Å². The zero-order chi connectivity index (χ0) is 14.5. The molecule has 2 rings (SSSR count). The van der Waals surface area contributed by atoms with Gasteiger partial charge >= 0.3 is 0 Å². The minimum atomic E-state index is -1.22. The van der Waals surface area contributed by atoms with Crippen LogP contribution in [-0.2, 0) is 4.79 Å². The molecule has 0 saturated carbocycles. The van der Waals surface area contributed by atoms with Gasteiger partial charge in [0.25, 0.3) is 5.91 Å². The molecule has 0 aliphatic heterocycles. The molecule has 1 heterocycles. The van der Waals surface area contributed by atoms with Crippen LogP contribution in [0.5, 0.6) is 0 Å². The van der Waals surface area contributed by atoms with Crippen LogP contribution < -0.4 is 5.43 Å². The van der Waals surface area contributed by atoms with Crippen molar-refractivity contribution in [2.75, 3.05) is 0 Å². The van der Waals surface area contributed by atoms with Gasteiger partial charge in [-0.2, -0.15) is 5.10 Å². The number of amides is 1. The van der Waals surface area contributed by atoms with Crippen LogP contribution in [-0.4, -0.2) is 16.7 Å². The van der Waals surface area contributed by atoms with E-state index < -0.39 is 12.0 Å². The van der Waals surface area contributed by atoms with Crippen LogP contribution in [0, 0.1) is 0 Å². The van der Waals surface area contributed by atoms with Crippen molar-refractivity contribution in [3.05, 3.63) is 56.7 Å². The summed E-state index contributed by atoms with van der Waals surface area (Å²) < 4.78 is 0.998. The molecular weight excluding hydrogens is 340 g/mol. The van der Waals surface area contributed by atoms with Gasteiger partial charge in [0.15, 0.2) is 6.10 Å². The van der Waals surface area contributed by atoms with E-state index in [-0.39, 0.29) is 0 Å². The summed E-state index contributed by atoms with van der Waals surface area (Å²) >= 11 is 4.89. The van der Waals surface area contributed by atoms with Gasteiger partial charge in [-0.25, -0.2) is 5.43 Å². The van der Waals surface area contributed by atoms with E-state index in [9.17, 15) is 9.90 Å². The first-order valence-electron chi connectivity index (χ1n) is 5.91. The molecule has 4 nitrogen and oxygen atoms in total. The molecule has 0 aliphatic rings. The van der Waals surface area contributed by atoms with E-state index in [2.05, 4.69) is 26.5 Å². The number of carbonyl (C=O) groups excluding carboxylic acids is 1. The van der Waals surface area contributed by atoms with Crippen LogP contribution in [0.1, 0.15) is 23.5 Å². The van der Waals surface area contributed by atoms with Crippen LogP contribution in [0.15, 0.2) is 51.4 Å². The van der Waals surface area contributed by atoms with Gasteiger partial charge in [-0.1, -0.05) is 30.3 Å². The molecule has 2 N–H and O–H groups in total. The van der Waals surface area contributed by atoms with Crippen molar-refractivity contribution in [2.45, 2.75) is 13.0 Å². The maximum absolute atomic E-state index is 11.8. The Morgan fingerprint density at radius 3 is 2.60 bits per heavy atom. The molecule has 1 amide bonds. The number of aliphatic hydroxyl groups excluding tert-OH is 1. The number of carbonyl (C=O) groups is 1. The highest BCUT2D eigenvalue weighted by Crippen LogP contribution is 2.22. The average molecular weight is 353 g/mol. The zero-order valence-corrected chi connectivity index (χ0v) is 13.1. The Hall–Kier alpha value is -1.50. The fourth-order valence-corrected chi connectivity index (χ4v) is 2.88. The number of nitrogens with one attached hydrogen (secondary N) is 1. The molecule has 0 radical (unpaired) electrons. The molecular formula is C14H13BrN2O2S. The number of benzene rings is 1. The van der Waals surface area contributed by atoms with E-state index in [1.807, 2.05) is 18.2 Å². The molecule has 2 aromatic rings. The highest BCUT2D eigenvalue weighted by Gasteiger charge is 2.16. The van der Waals surface area contributed by atoms with Crippen molar-refractivity contribution in [2.24, 2.45) is 5.10 Å². The molecule has 1 aromatic heterocycles. The predicted molar refractivity (Wildman–Crippen MR) is 83.8 cm³/mol. The Labute approximate surface area is 129 Å². The lowest BCUT2D eigenvalue weighted by Crippen LogP contribution is -2.26. The summed E-state index contributed by atoms with van der Waals surface area (Å²) in [5.74, 6) is -0.550. The first-order valence-corrected chi connectivity index (χ1v) is 7.51. The van der Waals surface area contributed by atoms with Crippen LogP contribution >= 0.6 is 27.3 Å². The lowest BCUT2D eigenvalue weighted by molar-refractivity contribution is -0.129. The fraction of sp³-hybridized carbons (Fsp3) is 0.143. The number of nitrogens with zero attached hydrogens (tertiary/aromatic N) is 1. The number of hydrogen-bond acceptors (Lipinski definition) is 4.